The smallest absolute Gasteiger partial charge is 0.343 e. The predicted molar refractivity (Wildman–Crippen MR) is 206 cm³/mol. The number of anilines is 1. The molecule has 10 heteroatoms. The Morgan fingerprint density at radius 1 is 0.712 bits per heavy atom. The van der Waals surface area contributed by atoms with E-state index in [9.17, 15) is 19.7 Å². The molecule has 2 N–H and O–H groups in total. The highest BCUT2D eigenvalue weighted by Gasteiger charge is 2.20. The summed E-state index contributed by atoms with van der Waals surface area (Å²) >= 11 is 0. The zero-order valence-corrected chi connectivity index (χ0v) is 31.0. The average molecular weight is 717 g/mol. The van der Waals surface area contributed by atoms with E-state index in [1.165, 1.54) is 57.1 Å². The molecule has 0 saturated heterocycles. The normalized spacial score (nSPS) is 10.8. The van der Waals surface area contributed by atoms with Gasteiger partial charge in [-0.05, 0) is 68.1 Å². The van der Waals surface area contributed by atoms with Crippen LogP contribution in [0.5, 0.6) is 17.2 Å². The molecule has 0 bridgehead atoms. The minimum absolute atomic E-state index is 0.150. The fourth-order valence-corrected chi connectivity index (χ4v) is 5.63. The monoisotopic (exact) mass is 716 g/mol. The van der Waals surface area contributed by atoms with Gasteiger partial charge in [0.2, 0.25) is 0 Å². The molecule has 0 spiro atoms. The van der Waals surface area contributed by atoms with E-state index >= 15 is 0 Å². The zero-order chi connectivity index (χ0) is 37.6. The van der Waals surface area contributed by atoms with Crippen LogP contribution in [0.2, 0.25) is 0 Å². The number of nitro benzene ring substituents is 1. The first-order valence-electron chi connectivity index (χ1n) is 18.8. The Hall–Kier alpha value is -4.86. The van der Waals surface area contributed by atoms with Gasteiger partial charge in [-0.1, -0.05) is 103 Å². The van der Waals surface area contributed by atoms with E-state index in [4.69, 9.17) is 24.7 Å². The number of ether oxygens (including phenoxy) is 4. The Morgan fingerprint density at radius 2 is 1.23 bits per heavy atom. The molecule has 10 nitrogen and oxygen atoms in total. The van der Waals surface area contributed by atoms with Gasteiger partial charge in [-0.15, -0.1) is 0 Å². The topological polar surface area (TPSA) is 140 Å². The van der Waals surface area contributed by atoms with E-state index in [0.717, 1.165) is 51.4 Å². The molecule has 0 aromatic heterocycles. The second-order valence-corrected chi connectivity index (χ2v) is 13.2. The van der Waals surface area contributed by atoms with E-state index < -0.39 is 10.9 Å². The van der Waals surface area contributed by atoms with Crippen molar-refractivity contribution in [1.82, 2.24) is 0 Å². The molecule has 0 fully saturated rings. The van der Waals surface area contributed by atoms with Crippen molar-refractivity contribution in [2.24, 2.45) is 0 Å². The maximum atomic E-state index is 12.8. The maximum Gasteiger partial charge on any atom is 0.343 e. The van der Waals surface area contributed by atoms with Crippen LogP contribution in [0.3, 0.4) is 0 Å². The Bertz CT molecular complexity index is 1550. The molecule has 3 rings (SSSR count). The van der Waals surface area contributed by atoms with Crippen molar-refractivity contribution in [3.63, 3.8) is 0 Å². The summed E-state index contributed by atoms with van der Waals surface area (Å²) in [6.45, 7) is 8.89. The lowest BCUT2D eigenvalue weighted by molar-refractivity contribution is -0.385. The van der Waals surface area contributed by atoms with Gasteiger partial charge in [-0.2, -0.15) is 0 Å². The molecule has 3 aromatic carbocycles. The van der Waals surface area contributed by atoms with Gasteiger partial charge in [0, 0.05) is 29.0 Å². The molecular formula is C42H56N2O8. The predicted octanol–water partition coefficient (Wildman–Crippen LogP) is 10.8. The quantitative estimate of drug-likeness (QED) is 0.0163. The molecule has 0 radical (unpaired) electrons. The highest BCUT2D eigenvalue weighted by Crippen LogP contribution is 2.37. The van der Waals surface area contributed by atoms with Crippen LogP contribution in [0.15, 0.2) is 72.8 Å². The molecule has 0 aliphatic heterocycles. The van der Waals surface area contributed by atoms with E-state index in [1.54, 1.807) is 55.5 Å². The standard InChI is InChI=1S/C42H56N2O8/c1-4-5-6-7-13-17-28-50-40-31-38(43)37(30-39(40)44(47)48)33-19-21-34(22-20-33)42(46)52-36-25-23-35(24-26-36)49-27-16-14-11-9-8-10-12-15-18-29-51-41(45)32(2)3/h19-26,30-31H,2,4-18,27-29,43H2,1,3H3. The molecule has 282 valence electrons. The number of nitrogen functional groups attached to an aromatic ring is 1. The fourth-order valence-electron chi connectivity index (χ4n) is 5.63. The van der Waals surface area contributed by atoms with Crippen molar-refractivity contribution in [1.29, 1.82) is 0 Å². The van der Waals surface area contributed by atoms with Crippen molar-refractivity contribution in [3.05, 3.63) is 88.5 Å². The molecule has 3 aromatic rings. The van der Waals surface area contributed by atoms with Crippen LogP contribution in [-0.4, -0.2) is 36.7 Å². The lowest BCUT2D eigenvalue weighted by Crippen LogP contribution is -2.08. The van der Waals surface area contributed by atoms with Gasteiger partial charge in [0.15, 0.2) is 5.75 Å². The molecule has 0 aliphatic rings. The Labute approximate surface area is 308 Å². The van der Waals surface area contributed by atoms with Crippen molar-refractivity contribution < 1.29 is 33.5 Å². The number of nitrogens with two attached hydrogens (primary N) is 1. The van der Waals surface area contributed by atoms with Crippen LogP contribution >= 0.6 is 0 Å². The van der Waals surface area contributed by atoms with Gasteiger partial charge < -0.3 is 24.7 Å². The molecule has 0 unspecified atom stereocenters. The van der Waals surface area contributed by atoms with Crippen LogP contribution in [0.1, 0.15) is 121 Å². The number of benzene rings is 3. The number of hydrogen-bond donors (Lipinski definition) is 1. The molecule has 0 atom stereocenters. The number of carbonyl (C=O) groups is 2. The third kappa shape index (κ3) is 15.2. The summed E-state index contributed by atoms with van der Waals surface area (Å²) in [6, 6.07) is 16.5. The van der Waals surface area contributed by atoms with Crippen LogP contribution in [0.4, 0.5) is 11.4 Å². The molecule has 0 aliphatic carbocycles. The van der Waals surface area contributed by atoms with Gasteiger partial charge in [0.25, 0.3) is 0 Å². The summed E-state index contributed by atoms with van der Waals surface area (Å²) in [7, 11) is 0. The van der Waals surface area contributed by atoms with Gasteiger partial charge >= 0.3 is 17.6 Å². The summed E-state index contributed by atoms with van der Waals surface area (Å²) in [5.41, 5.74) is 8.39. The largest absolute Gasteiger partial charge is 0.494 e. The highest BCUT2D eigenvalue weighted by molar-refractivity contribution is 5.92. The average Bonchev–Trinajstić information content (AvgIpc) is 3.13. The number of unbranched alkanes of at least 4 members (excludes halogenated alkanes) is 13. The number of hydrogen-bond acceptors (Lipinski definition) is 9. The molecular weight excluding hydrogens is 660 g/mol. The number of nitro groups is 1. The summed E-state index contributed by atoms with van der Waals surface area (Å²) in [4.78, 5) is 35.6. The number of carbonyl (C=O) groups excluding carboxylic acids is 2. The zero-order valence-electron chi connectivity index (χ0n) is 31.0. The molecule has 0 saturated carbocycles. The van der Waals surface area contributed by atoms with Gasteiger partial charge in [-0.3, -0.25) is 10.1 Å². The van der Waals surface area contributed by atoms with Crippen molar-refractivity contribution in [2.45, 2.75) is 110 Å². The Balaban J connectivity index is 1.36. The summed E-state index contributed by atoms with van der Waals surface area (Å²) < 4.78 is 22.3. The van der Waals surface area contributed by atoms with Crippen molar-refractivity contribution >= 4 is 23.3 Å². The van der Waals surface area contributed by atoms with E-state index in [2.05, 4.69) is 13.5 Å². The lowest BCUT2D eigenvalue weighted by atomic mass is 10.0. The fraction of sp³-hybridized carbons (Fsp3) is 0.476. The van der Waals surface area contributed by atoms with Crippen LogP contribution in [0.25, 0.3) is 11.1 Å². The Kier molecular flexibility index (Phi) is 18.8. The first-order chi connectivity index (χ1) is 25.2. The van der Waals surface area contributed by atoms with E-state index in [0.29, 0.717) is 59.3 Å². The SMILES string of the molecule is C=C(C)C(=O)OCCCCCCCCCCCOc1ccc(OC(=O)c2ccc(-c3cc([N+](=O)[O-])c(OCCCCCCCC)cc3N)cc2)cc1. The molecule has 0 amide bonds. The minimum atomic E-state index is -0.526. The number of nitrogens with zero attached hydrogens (tertiary/aromatic N) is 1. The maximum absolute atomic E-state index is 12.8. The van der Waals surface area contributed by atoms with Crippen molar-refractivity contribution in [3.8, 4) is 28.4 Å². The third-order valence-electron chi connectivity index (χ3n) is 8.69. The first kappa shape index (κ1) is 41.6. The van der Waals surface area contributed by atoms with Gasteiger partial charge in [0.1, 0.15) is 11.5 Å². The molecule has 0 heterocycles. The Morgan fingerprint density at radius 3 is 1.79 bits per heavy atom. The first-order valence-corrected chi connectivity index (χ1v) is 18.8. The lowest BCUT2D eigenvalue weighted by Gasteiger charge is -2.12. The van der Waals surface area contributed by atoms with Gasteiger partial charge in [-0.25, -0.2) is 9.59 Å². The van der Waals surface area contributed by atoms with E-state index in [-0.39, 0.29) is 17.4 Å². The minimum Gasteiger partial charge on any atom is -0.494 e. The van der Waals surface area contributed by atoms with Crippen LogP contribution in [-0.2, 0) is 9.53 Å². The summed E-state index contributed by atoms with van der Waals surface area (Å²) in [5.74, 6) is 0.427. The second-order valence-electron chi connectivity index (χ2n) is 13.2. The number of esters is 2. The summed E-state index contributed by atoms with van der Waals surface area (Å²) in [6.07, 6.45) is 16.5. The second kappa shape index (κ2) is 23.6. The van der Waals surface area contributed by atoms with Crippen LogP contribution < -0.4 is 19.9 Å². The number of rotatable bonds is 26. The third-order valence-corrected chi connectivity index (χ3v) is 8.69. The van der Waals surface area contributed by atoms with Gasteiger partial charge in [0.05, 0.1) is 30.3 Å². The highest BCUT2D eigenvalue weighted by atomic mass is 16.6. The summed E-state index contributed by atoms with van der Waals surface area (Å²) in [5, 5.41) is 11.8. The van der Waals surface area contributed by atoms with Crippen LogP contribution in [0, 0.1) is 10.1 Å². The van der Waals surface area contributed by atoms with E-state index in [1.807, 2.05) is 0 Å². The van der Waals surface area contributed by atoms with Crippen molar-refractivity contribution in [2.75, 3.05) is 25.6 Å². The molecule has 52 heavy (non-hydrogen) atoms.